The molecule has 7 heteroatoms. The van der Waals surface area contributed by atoms with Crippen LogP contribution in [-0.4, -0.2) is 41.6 Å². The third-order valence-electron chi connectivity index (χ3n) is 3.20. The second kappa shape index (κ2) is 3.29. The second-order valence-corrected chi connectivity index (χ2v) is 4.89. The lowest BCUT2D eigenvalue weighted by Gasteiger charge is -2.57. The van der Waals surface area contributed by atoms with E-state index in [1.54, 1.807) is 4.68 Å². The number of aromatic nitrogens is 3. The number of aryl methyl sites for hydroxylation is 1. The summed E-state index contributed by atoms with van der Waals surface area (Å²) in [4.78, 5) is 0. The molecule has 0 saturated carbocycles. The van der Waals surface area contributed by atoms with Crippen molar-refractivity contribution < 1.29 is 14.0 Å². The Hall–Kier alpha value is -0.915. The monoisotopic (exact) mass is 224 g/mol. The maximum Gasteiger partial charge on any atom is 0.431 e. The summed E-state index contributed by atoms with van der Waals surface area (Å²) in [5.41, 5.74) is 0.646. The molecule has 3 saturated heterocycles. The quantitative estimate of drug-likeness (QED) is 0.635. The van der Waals surface area contributed by atoms with Gasteiger partial charge in [0, 0.05) is 43.6 Å². The Morgan fingerprint density at radius 1 is 1.38 bits per heavy atom. The van der Waals surface area contributed by atoms with E-state index in [0.29, 0.717) is 25.4 Å². The third-order valence-corrected chi connectivity index (χ3v) is 3.20. The van der Waals surface area contributed by atoms with Gasteiger partial charge in [-0.3, -0.25) is 4.68 Å². The van der Waals surface area contributed by atoms with Crippen LogP contribution in [0.15, 0.2) is 6.20 Å². The van der Waals surface area contributed by atoms with Crippen LogP contribution >= 0.6 is 0 Å². The first-order valence-corrected chi connectivity index (χ1v) is 5.62. The van der Waals surface area contributed by atoms with Gasteiger partial charge in [0.15, 0.2) is 0 Å². The van der Waals surface area contributed by atoms with Crippen LogP contribution in [0.5, 0.6) is 0 Å². The minimum atomic E-state index is -1.83. The van der Waals surface area contributed by atoms with Gasteiger partial charge in [0.1, 0.15) is 0 Å². The molecule has 6 nitrogen and oxygen atoms in total. The number of nitrogens with zero attached hydrogens (tertiary/aromatic N) is 3. The van der Waals surface area contributed by atoms with E-state index in [1.807, 2.05) is 13.1 Å². The highest BCUT2D eigenvalue weighted by Crippen LogP contribution is 2.34. The molecule has 1 aromatic rings. The lowest BCUT2D eigenvalue weighted by atomic mass is 9.68. The summed E-state index contributed by atoms with van der Waals surface area (Å²) in [5.74, 6) is 0. The smallest absolute Gasteiger partial charge is 0.431 e. The average molecular weight is 224 g/mol. The van der Waals surface area contributed by atoms with Crippen molar-refractivity contribution in [2.45, 2.75) is 20.4 Å². The van der Waals surface area contributed by atoms with Gasteiger partial charge in [0.25, 0.3) is 0 Å². The molecule has 3 aliphatic rings. The number of hydrogen-bond donors (Lipinski definition) is 0. The van der Waals surface area contributed by atoms with Crippen molar-refractivity contribution in [3.8, 4) is 0 Å². The molecule has 88 valence electrons. The third kappa shape index (κ3) is 1.39. The van der Waals surface area contributed by atoms with Crippen LogP contribution in [0.4, 0.5) is 0 Å². The van der Waals surface area contributed by atoms with Gasteiger partial charge in [-0.15, -0.1) is 0 Å². The van der Waals surface area contributed by atoms with Crippen molar-refractivity contribution in [3.63, 3.8) is 0 Å². The summed E-state index contributed by atoms with van der Waals surface area (Å²) in [6, 6.07) is 0. The van der Waals surface area contributed by atoms with Crippen molar-refractivity contribution in [2.24, 2.45) is 5.41 Å². The fraction of sp³-hybridized carbons (Fsp3) is 0.778. The zero-order valence-corrected chi connectivity index (χ0v) is 9.55. The summed E-state index contributed by atoms with van der Waals surface area (Å²) >= 11 is 0. The normalized spacial score (nSPS) is 37.9. The Morgan fingerprint density at radius 2 is 2.00 bits per heavy atom. The van der Waals surface area contributed by atoms with Crippen LogP contribution in [0.3, 0.4) is 0 Å². The Balaban J connectivity index is 1.89. The maximum atomic E-state index is 5.71. The van der Waals surface area contributed by atoms with Gasteiger partial charge in [-0.25, -0.2) is 0 Å². The van der Waals surface area contributed by atoms with Crippen LogP contribution in [0.1, 0.15) is 13.8 Å². The van der Waals surface area contributed by atoms with E-state index >= 15 is 0 Å². The van der Waals surface area contributed by atoms with E-state index in [2.05, 4.69) is 17.2 Å². The number of fused-ring (bicyclic) bond motifs is 3. The van der Waals surface area contributed by atoms with Gasteiger partial charge in [-0.2, -0.15) is 5.10 Å². The molecule has 0 spiro atoms. The molecule has 4 heterocycles. The first kappa shape index (κ1) is 10.3. The Labute approximate surface area is 93.9 Å². The first-order chi connectivity index (χ1) is 7.66. The fourth-order valence-corrected chi connectivity index (χ4v) is 2.09. The molecule has 3 aliphatic heterocycles. The molecule has 2 bridgehead atoms. The van der Waals surface area contributed by atoms with Gasteiger partial charge in [-0.05, 0) is 6.92 Å². The minimum Gasteiger partial charge on any atom is -0.539 e. The molecule has 0 N–H and O–H groups in total. The highest BCUT2D eigenvalue weighted by atomic mass is 16.8. The molecule has 3 fully saturated rings. The van der Waals surface area contributed by atoms with E-state index in [-0.39, 0.29) is 5.41 Å². The van der Waals surface area contributed by atoms with Gasteiger partial charge < -0.3 is 14.0 Å². The van der Waals surface area contributed by atoms with E-state index in [1.165, 1.54) is 0 Å². The van der Waals surface area contributed by atoms with E-state index in [0.717, 1.165) is 6.54 Å². The van der Waals surface area contributed by atoms with Crippen molar-refractivity contribution >= 4 is 12.3 Å². The number of rotatable bonds is 2. The number of hydrogen-bond acceptors (Lipinski definition) is 5. The van der Waals surface area contributed by atoms with E-state index in [9.17, 15) is 0 Å². The molecule has 0 aromatic carbocycles. The van der Waals surface area contributed by atoms with Crippen LogP contribution in [0.2, 0.25) is 0 Å². The molecular formula is C9H15BN3O3-. The highest BCUT2D eigenvalue weighted by molar-refractivity contribution is 6.74. The van der Waals surface area contributed by atoms with Crippen LogP contribution in [-0.2, 0) is 20.5 Å². The standard InChI is InChI=1S/C9H15BN3O3/c1-3-13-4-8(11-12-13)10-14-5-9(2,6-15-10)7-16-10/h4H,3,5-7H2,1-2H3/q-1. The molecule has 4 rings (SSSR count). The summed E-state index contributed by atoms with van der Waals surface area (Å²) < 4.78 is 18.9. The van der Waals surface area contributed by atoms with Crippen LogP contribution < -0.4 is 5.59 Å². The molecule has 0 amide bonds. The Bertz CT molecular complexity index is 384. The predicted octanol–water partition coefficient (Wildman–Crippen LogP) is -0.473. The zero-order valence-electron chi connectivity index (χ0n) is 9.55. The largest absolute Gasteiger partial charge is 0.539 e. The Morgan fingerprint density at radius 3 is 2.50 bits per heavy atom. The summed E-state index contributed by atoms with van der Waals surface area (Å²) in [7, 11) is 0. The van der Waals surface area contributed by atoms with Gasteiger partial charge in [0.05, 0.1) is 0 Å². The van der Waals surface area contributed by atoms with Gasteiger partial charge in [0.2, 0.25) is 0 Å². The van der Waals surface area contributed by atoms with E-state index in [4.69, 9.17) is 14.0 Å². The molecule has 1 aromatic heterocycles. The van der Waals surface area contributed by atoms with Gasteiger partial charge in [-0.1, -0.05) is 12.1 Å². The first-order valence-electron chi connectivity index (χ1n) is 5.62. The second-order valence-electron chi connectivity index (χ2n) is 4.89. The summed E-state index contributed by atoms with van der Waals surface area (Å²) in [6.45, 7) is 5.02. The molecule has 0 unspecified atom stereocenters. The lowest BCUT2D eigenvalue weighted by Crippen LogP contribution is -2.69. The molecule has 0 atom stereocenters. The molecule has 0 radical (unpaired) electrons. The predicted molar refractivity (Wildman–Crippen MR) is 57.0 cm³/mol. The maximum absolute atomic E-state index is 5.71. The fourth-order valence-electron chi connectivity index (χ4n) is 2.09. The van der Waals surface area contributed by atoms with Crippen molar-refractivity contribution in [3.05, 3.63) is 6.20 Å². The van der Waals surface area contributed by atoms with Crippen LogP contribution in [0.25, 0.3) is 0 Å². The topological polar surface area (TPSA) is 58.4 Å². The lowest BCUT2D eigenvalue weighted by molar-refractivity contribution is -0.119. The summed E-state index contributed by atoms with van der Waals surface area (Å²) in [5, 5.41) is 8.05. The van der Waals surface area contributed by atoms with Gasteiger partial charge >= 0.3 is 6.75 Å². The van der Waals surface area contributed by atoms with Crippen molar-refractivity contribution in [1.29, 1.82) is 0 Å². The van der Waals surface area contributed by atoms with Crippen LogP contribution in [0, 0.1) is 5.41 Å². The molecule has 0 aliphatic carbocycles. The SMILES string of the molecule is CCn1cc([B-]23OCC(C)(CO2)CO3)nn1. The van der Waals surface area contributed by atoms with E-state index < -0.39 is 6.75 Å². The van der Waals surface area contributed by atoms with Crippen molar-refractivity contribution in [1.82, 2.24) is 15.0 Å². The highest BCUT2D eigenvalue weighted by Gasteiger charge is 2.48. The molecular weight excluding hydrogens is 209 g/mol. The average Bonchev–Trinajstić information content (AvgIpc) is 2.80. The zero-order chi connectivity index (χ0) is 11.2. The summed E-state index contributed by atoms with van der Waals surface area (Å²) in [6.07, 6.45) is 1.83. The Kier molecular flexibility index (Phi) is 2.11. The van der Waals surface area contributed by atoms with Crippen molar-refractivity contribution in [2.75, 3.05) is 19.8 Å². The minimum absolute atomic E-state index is 0.00967. The molecule has 16 heavy (non-hydrogen) atoms.